The Morgan fingerprint density at radius 3 is 2.54 bits per heavy atom. The first kappa shape index (κ1) is 18.1. The molecule has 3 fully saturated rings. The van der Waals surface area contributed by atoms with E-state index in [1.807, 2.05) is 13.8 Å². The molecule has 0 amide bonds. The average Bonchev–Trinajstić information content (AvgIpc) is 2.88. The number of hydrogen-bond acceptors (Lipinski definition) is 5. The predicted octanol–water partition coefficient (Wildman–Crippen LogP) is 1.99. The minimum atomic E-state index is -1.46. The Bertz CT molecular complexity index is 724. The molecule has 4 rings (SSSR count). The van der Waals surface area contributed by atoms with E-state index >= 15 is 0 Å². The molecule has 5 nitrogen and oxygen atoms in total. The molecule has 0 heterocycles. The average molecular weight is 360 g/mol. The van der Waals surface area contributed by atoms with Gasteiger partial charge in [-0.05, 0) is 69.3 Å². The second-order valence-electron chi connectivity index (χ2n) is 9.29. The van der Waals surface area contributed by atoms with E-state index in [-0.39, 0.29) is 35.7 Å². The van der Waals surface area contributed by atoms with E-state index in [0.29, 0.717) is 12.8 Å². The van der Waals surface area contributed by atoms with E-state index in [1.165, 1.54) is 0 Å². The van der Waals surface area contributed by atoms with Crippen LogP contribution in [-0.4, -0.2) is 39.8 Å². The highest BCUT2D eigenvalue weighted by Crippen LogP contribution is 2.67. The van der Waals surface area contributed by atoms with Gasteiger partial charge in [0.1, 0.15) is 12.2 Å². The third-order valence-electron chi connectivity index (χ3n) is 8.60. The van der Waals surface area contributed by atoms with Crippen LogP contribution in [0.4, 0.5) is 0 Å². The molecule has 0 aromatic heterocycles. The number of rotatable bonds is 2. The summed E-state index contributed by atoms with van der Waals surface area (Å²) in [5.74, 6) is 0.109. The SMILES string of the molecule is C[C@]12C(=O)CC(=O)C=C1CC[C@@H]1[C@@H]2CC[C@@]2(C)[C@H]1CC[C@]2(O)C(=O)CO. The van der Waals surface area contributed by atoms with E-state index in [9.17, 15) is 24.6 Å². The molecule has 0 aromatic rings. The lowest BCUT2D eigenvalue weighted by atomic mass is 9.46. The summed E-state index contributed by atoms with van der Waals surface area (Å²) in [6.45, 7) is 3.37. The van der Waals surface area contributed by atoms with Crippen molar-refractivity contribution in [2.75, 3.05) is 6.61 Å². The second kappa shape index (κ2) is 5.59. The number of aliphatic hydroxyl groups excluding tert-OH is 1. The predicted molar refractivity (Wildman–Crippen MR) is 94.1 cm³/mol. The molecule has 0 aromatic carbocycles. The number of fused-ring (bicyclic) bond motifs is 5. The van der Waals surface area contributed by atoms with E-state index in [1.54, 1.807) is 6.08 Å². The van der Waals surface area contributed by atoms with E-state index in [0.717, 1.165) is 31.3 Å². The number of Topliss-reactive ketones (excluding diaryl/α,β-unsaturated/α-hetero) is 2. The van der Waals surface area contributed by atoms with Gasteiger partial charge >= 0.3 is 0 Å². The Labute approximate surface area is 153 Å². The third kappa shape index (κ3) is 2.02. The summed E-state index contributed by atoms with van der Waals surface area (Å²) < 4.78 is 0. The van der Waals surface area contributed by atoms with E-state index in [4.69, 9.17) is 0 Å². The van der Waals surface area contributed by atoms with Crippen LogP contribution in [0.15, 0.2) is 11.6 Å². The van der Waals surface area contributed by atoms with Crippen LogP contribution in [0.25, 0.3) is 0 Å². The largest absolute Gasteiger partial charge is 0.388 e. The summed E-state index contributed by atoms with van der Waals surface area (Å²) in [6.07, 6.45) is 5.93. The van der Waals surface area contributed by atoms with Crippen molar-refractivity contribution in [2.24, 2.45) is 28.6 Å². The topological polar surface area (TPSA) is 91.7 Å². The van der Waals surface area contributed by atoms with Gasteiger partial charge in [-0.1, -0.05) is 12.5 Å². The van der Waals surface area contributed by atoms with Crippen molar-refractivity contribution >= 4 is 17.3 Å². The first-order valence-corrected chi connectivity index (χ1v) is 9.82. The van der Waals surface area contributed by atoms with Crippen molar-refractivity contribution in [3.05, 3.63) is 11.6 Å². The molecule has 0 radical (unpaired) electrons. The fourth-order valence-electron chi connectivity index (χ4n) is 7.03. The van der Waals surface area contributed by atoms with Gasteiger partial charge in [-0.2, -0.15) is 0 Å². The Morgan fingerprint density at radius 2 is 1.85 bits per heavy atom. The summed E-state index contributed by atoms with van der Waals surface area (Å²) >= 11 is 0. The van der Waals surface area contributed by atoms with Gasteiger partial charge in [0.2, 0.25) is 0 Å². The minimum Gasteiger partial charge on any atom is -0.388 e. The highest BCUT2D eigenvalue weighted by atomic mass is 16.3. The van der Waals surface area contributed by atoms with Gasteiger partial charge in [0.25, 0.3) is 0 Å². The molecule has 2 N–H and O–H groups in total. The molecule has 0 spiro atoms. The lowest BCUT2D eigenvalue weighted by molar-refractivity contribution is -0.166. The van der Waals surface area contributed by atoms with Crippen LogP contribution in [0.5, 0.6) is 0 Å². The molecule has 26 heavy (non-hydrogen) atoms. The second-order valence-corrected chi connectivity index (χ2v) is 9.29. The lowest BCUT2D eigenvalue weighted by Gasteiger charge is -2.58. The summed E-state index contributed by atoms with van der Waals surface area (Å²) in [6, 6.07) is 0. The molecule has 4 aliphatic rings. The number of carbonyl (C=O) groups excluding carboxylic acids is 3. The van der Waals surface area contributed by atoms with Crippen LogP contribution >= 0.6 is 0 Å². The zero-order valence-electron chi connectivity index (χ0n) is 15.6. The van der Waals surface area contributed by atoms with Crippen LogP contribution in [0.2, 0.25) is 0 Å². The Hall–Kier alpha value is -1.33. The van der Waals surface area contributed by atoms with Crippen molar-refractivity contribution in [1.82, 2.24) is 0 Å². The smallest absolute Gasteiger partial charge is 0.190 e. The fourth-order valence-corrected chi connectivity index (χ4v) is 7.03. The molecule has 0 unspecified atom stereocenters. The van der Waals surface area contributed by atoms with Crippen molar-refractivity contribution < 1.29 is 24.6 Å². The molecule has 0 saturated heterocycles. The quantitative estimate of drug-likeness (QED) is 0.735. The number of aliphatic hydroxyl groups is 2. The molecule has 6 atom stereocenters. The van der Waals surface area contributed by atoms with E-state index < -0.39 is 28.8 Å². The Morgan fingerprint density at radius 1 is 1.15 bits per heavy atom. The number of ketones is 3. The maximum atomic E-state index is 12.9. The van der Waals surface area contributed by atoms with Crippen LogP contribution in [0.3, 0.4) is 0 Å². The van der Waals surface area contributed by atoms with Gasteiger partial charge in [-0.15, -0.1) is 0 Å². The molecule has 3 saturated carbocycles. The Balaban J connectivity index is 1.72. The molecule has 5 heteroatoms. The first-order valence-electron chi connectivity index (χ1n) is 9.82. The fraction of sp³-hybridized carbons (Fsp3) is 0.762. The summed E-state index contributed by atoms with van der Waals surface area (Å²) in [7, 11) is 0. The van der Waals surface area contributed by atoms with Gasteiger partial charge in [-0.25, -0.2) is 0 Å². The van der Waals surface area contributed by atoms with Crippen molar-refractivity contribution in [2.45, 2.75) is 64.4 Å². The highest BCUT2D eigenvalue weighted by Gasteiger charge is 2.66. The molecule has 142 valence electrons. The Kier molecular flexibility index (Phi) is 3.88. The number of carbonyl (C=O) groups is 3. The van der Waals surface area contributed by atoms with Crippen LogP contribution in [-0.2, 0) is 14.4 Å². The normalized spacial score (nSPS) is 47.7. The lowest BCUT2D eigenvalue weighted by Crippen LogP contribution is -2.59. The molecule has 0 aliphatic heterocycles. The van der Waals surface area contributed by atoms with Crippen LogP contribution in [0.1, 0.15) is 58.8 Å². The van der Waals surface area contributed by atoms with Crippen molar-refractivity contribution in [1.29, 1.82) is 0 Å². The van der Waals surface area contributed by atoms with E-state index in [2.05, 4.69) is 0 Å². The van der Waals surface area contributed by atoms with Gasteiger partial charge in [-0.3, -0.25) is 14.4 Å². The van der Waals surface area contributed by atoms with Crippen molar-refractivity contribution in [3.8, 4) is 0 Å². The summed E-state index contributed by atoms with van der Waals surface area (Å²) in [4.78, 5) is 37.1. The molecular weight excluding hydrogens is 332 g/mol. The van der Waals surface area contributed by atoms with Gasteiger partial charge in [0.15, 0.2) is 17.3 Å². The standard InChI is InChI=1S/C21H28O5/c1-19-7-5-16-14(15(19)6-8-21(19,26)18(25)11-22)4-3-12-9-13(23)10-17(24)20(12,16)2/h9,14-16,22,26H,3-8,10-11H2,1-2H3/t14-,15-,16-,19-,20-,21-/m0/s1. The zero-order valence-corrected chi connectivity index (χ0v) is 15.6. The molecule has 0 bridgehead atoms. The maximum absolute atomic E-state index is 12.9. The third-order valence-corrected chi connectivity index (χ3v) is 8.60. The molecule has 4 aliphatic carbocycles. The molecular formula is C21H28O5. The van der Waals surface area contributed by atoms with Crippen LogP contribution < -0.4 is 0 Å². The first-order chi connectivity index (χ1) is 12.2. The summed E-state index contributed by atoms with van der Waals surface area (Å²) in [5.41, 5.74) is -1.58. The zero-order chi connectivity index (χ0) is 18.9. The maximum Gasteiger partial charge on any atom is 0.190 e. The van der Waals surface area contributed by atoms with Gasteiger partial charge in [0.05, 0.1) is 11.8 Å². The monoisotopic (exact) mass is 360 g/mol. The number of hydrogen-bond donors (Lipinski definition) is 2. The minimum absolute atomic E-state index is 0.00189. The summed E-state index contributed by atoms with van der Waals surface area (Å²) in [5, 5.41) is 20.5. The van der Waals surface area contributed by atoms with Crippen molar-refractivity contribution in [3.63, 3.8) is 0 Å². The highest BCUT2D eigenvalue weighted by molar-refractivity contribution is 6.11. The van der Waals surface area contributed by atoms with Crippen LogP contribution in [0, 0.1) is 28.6 Å². The van der Waals surface area contributed by atoms with Gasteiger partial charge in [0, 0.05) is 5.41 Å². The number of allylic oxidation sites excluding steroid dienone is 1. The van der Waals surface area contributed by atoms with Gasteiger partial charge < -0.3 is 10.2 Å².